The minimum absolute atomic E-state index is 0.188. The van der Waals surface area contributed by atoms with Gasteiger partial charge in [-0.1, -0.05) is 13.8 Å². The average Bonchev–Trinajstić information content (AvgIpc) is 3.60. The molecule has 0 spiro atoms. The van der Waals surface area contributed by atoms with Crippen molar-refractivity contribution < 1.29 is 141 Å². The van der Waals surface area contributed by atoms with Crippen molar-refractivity contribution >= 4 is 22.1 Å². The number of halogens is 26. The molecule has 0 atom stereocenters. The molecule has 0 amide bonds. The van der Waals surface area contributed by atoms with Crippen LogP contribution in [0.3, 0.4) is 0 Å². The van der Waals surface area contributed by atoms with Gasteiger partial charge in [0.1, 0.15) is 26.2 Å². The number of rotatable bonds is 11. The summed E-state index contributed by atoms with van der Waals surface area (Å²) in [6.07, 6.45) is -18.9. The van der Waals surface area contributed by atoms with Gasteiger partial charge in [-0.25, -0.2) is 8.78 Å². The summed E-state index contributed by atoms with van der Waals surface area (Å²) in [5.74, 6) is -45.1. The summed E-state index contributed by atoms with van der Waals surface area (Å²) in [5.41, 5.74) is 0. The van der Waals surface area contributed by atoms with Crippen molar-refractivity contribution in [2.45, 2.75) is 106 Å². The molecule has 0 aromatic heterocycles. The van der Waals surface area contributed by atoms with Crippen LogP contribution in [-0.2, 0) is 10.4 Å². The van der Waals surface area contributed by atoms with E-state index in [0.29, 0.717) is 0 Å². The maximum Gasteiger partial charge on any atom is 0.465 e. The molecule has 0 saturated heterocycles. The van der Waals surface area contributed by atoms with Gasteiger partial charge in [-0.05, 0) is 0 Å². The molecular weight excluding hydrogens is 946 g/mol. The zero-order valence-corrected chi connectivity index (χ0v) is 30.8. The molecule has 0 aromatic carbocycles. The molecule has 2 rings (SSSR count). The molecule has 2 aliphatic rings. The van der Waals surface area contributed by atoms with Crippen molar-refractivity contribution in [1.29, 1.82) is 0 Å². The predicted octanol–water partition coefficient (Wildman–Crippen LogP) is 8.20. The number of hydrogen-bond acceptors (Lipinski definition) is 6. The van der Waals surface area contributed by atoms with Crippen LogP contribution in [0.15, 0.2) is 0 Å². The predicted molar refractivity (Wildman–Crippen MR) is 145 cm³/mol. The van der Waals surface area contributed by atoms with Crippen LogP contribution >= 0.6 is 0 Å². The van der Waals surface area contributed by atoms with Gasteiger partial charge in [0.25, 0.3) is 11.7 Å². The average molecular weight is 975 g/mol. The lowest BCUT2D eigenvalue weighted by atomic mass is 10.1. The molecule has 2 aliphatic heterocycles. The van der Waals surface area contributed by atoms with Gasteiger partial charge < -0.3 is 9.11 Å². The standard InChI is InChI=1S/2C10H12F9N2.C5H4F8.H2O4S/c2*1-3-6-20(2)4-5-21(6)10(18,19)8(13,14)7(11,12)9(15,16)17;1-3(8,9)5(12,13)4(10,11)2(6)7;1-5(2,3)4/h2*3-5H2,1-2H3;2H,1H3;(H2,1,2,3,4)/q2*+1;;/p-2. The molecule has 0 N–H and O–H groups in total. The molecule has 0 aromatic rings. The summed E-state index contributed by atoms with van der Waals surface area (Å²) in [6.45, 7) is 0.0924. The van der Waals surface area contributed by atoms with Crippen LogP contribution in [-0.4, -0.2) is 161 Å². The Bertz CT molecular complexity index is 1530. The zero-order chi connectivity index (χ0) is 49.3. The van der Waals surface area contributed by atoms with Gasteiger partial charge in [0.15, 0.2) is 0 Å². The highest BCUT2D eigenvalue weighted by Gasteiger charge is 2.86. The van der Waals surface area contributed by atoms with Gasteiger partial charge in [-0.15, -0.1) is 0 Å². The fourth-order valence-electron chi connectivity index (χ4n) is 4.46. The number of alkyl halides is 26. The van der Waals surface area contributed by atoms with E-state index >= 15 is 0 Å². The van der Waals surface area contributed by atoms with E-state index in [1.54, 1.807) is 0 Å². The van der Waals surface area contributed by atoms with E-state index in [4.69, 9.17) is 17.5 Å². The van der Waals surface area contributed by atoms with Crippen LogP contribution in [0, 0.1) is 0 Å². The monoisotopic (exact) mass is 974 g/mol. The first kappa shape index (κ1) is 59.1. The second-order valence-electron chi connectivity index (χ2n) is 11.9. The normalized spacial score (nSPS) is 17.4. The third-order valence-corrected chi connectivity index (χ3v) is 7.63. The van der Waals surface area contributed by atoms with Crippen LogP contribution < -0.4 is 0 Å². The third-order valence-electron chi connectivity index (χ3n) is 7.63. The molecule has 0 fully saturated rings. The summed E-state index contributed by atoms with van der Waals surface area (Å²) in [5, 5.41) is 0. The van der Waals surface area contributed by atoms with E-state index in [0.717, 1.165) is 9.80 Å². The highest BCUT2D eigenvalue weighted by molar-refractivity contribution is 7.79. The second kappa shape index (κ2) is 18.4. The van der Waals surface area contributed by atoms with Crippen LogP contribution in [0.25, 0.3) is 0 Å². The van der Waals surface area contributed by atoms with E-state index in [9.17, 15) is 114 Å². The second-order valence-corrected chi connectivity index (χ2v) is 12.7. The van der Waals surface area contributed by atoms with Crippen molar-refractivity contribution in [3.63, 3.8) is 0 Å². The fourth-order valence-corrected chi connectivity index (χ4v) is 4.46. The fraction of sp³-hybridized carbons (Fsp3) is 0.920. The lowest BCUT2D eigenvalue weighted by Crippen LogP contribution is -2.64. The molecule has 0 bridgehead atoms. The molecular formula is C25H28F26N4O4S. The van der Waals surface area contributed by atoms with E-state index < -0.39 is 124 Å². The number of amidine groups is 2. The first-order chi connectivity index (χ1) is 25.9. The van der Waals surface area contributed by atoms with E-state index in [-0.39, 0.29) is 25.9 Å². The molecule has 8 nitrogen and oxygen atoms in total. The number of likely N-dealkylation sites (N-methyl/N-ethyl adjacent to an activating group) is 2. The minimum Gasteiger partial charge on any atom is -0.759 e. The summed E-state index contributed by atoms with van der Waals surface area (Å²) < 4.78 is 358. The molecule has 360 valence electrons. The zero-order valence-electron chi connectivity index (χ0n) is 30.0. The van der Waals surface area contributed by atoms with E-state index in [2.05, 4.69) is 0 Å². The smallest absolute Gasteiger partial charge is 0.465 e. The molecule has 35 heteroatoms. The molecule has 2 heterocycles. The Morgan fingerprint density at radius 2 is 0.767 bits per heavy atom. The van der Waals surface area contributed by atoms with Crippen LogP contribution in [0.4, 0.5) is 114 Å². The Labute approximate surface area is 319 Å². The highest BCUT2D eigenvalue weighted by Crippen LogP contribution is 2.55. The lowest BCUT2D eigenvalue weighted by molar-refractivity contribution is -0.709. The Balaban J connectivity index is 0. The van der Waals surface area contributed by atoms with Gasteiger partial charge in [-0.2, -0.15) is 115 Å². The van der Waals surface area contributed by atoms with Gasteiger partial charge in [0.05, 0.1) is 14.1 Å². The summed E-state index contributed by atoms with van der Waals surface area (Å²) in [4.78, 5) is 2.19. The Morgan fingerprint density at radius 1 is 0.533 bits per heavy atom. The van der Waals surface area contributed by atoms with Crippen molar-refractivity contribution in [3.8, 4) is 0 Å². The Morgan fingerprint density at radius 3 is 0.917 bits per heavy atom. The first-order valence-electron chi connectivity index (χ1n) is 15.0. The van der Waals surface area contributed by atoms with Crippen LogP contribution in [0.1, 0.15) is 33.6 Å². The highest BCUT2D eigenvalue weighted by atomic mass is 32.3. The molecule has 0 saturated carbocycles. The number of nitrogens with zero attached hydrogens (tertiary/aromatic N) is 4. The maximum absolute atomic E-state index is 13.7. The van der Waals surface area contributed by atoms with Gasteiger partial charge in [0.2, 0.25) is 0 Å². The van der Waals surface area contributed by atoms with Crippen LogP contribution in [0.5, 0.6) is 0 Å². The quantitative estimate of drug-likeness (QED) is 0.0683. The largest absolute Gasteiger partial charge is 0.759 e. The van der Waals surface area contributed by atoms with Crippen molar-refractivity contribution in [2.24, 2.45) is 0 Å². The summed E-state index contributed by atoms with van der Waals surface area (Å²) >= 11 is 0. The van der Waals surface area contributed by atoms with Gasteiger partial charge in [-0.3, -0.25) is 18.2 Å². The van der Waals surface area contributed by atoms with Crippen molar-refractivity contribution in [2.75, 3.05) is 40.3 Å². The molecule has 0 radical (unpaired) electrons. The molecule has 0 unspecified atom stereocenters. The first-order valence-corrected chi connectivity index (χ1v) is 16.4. The van der Waals surface area contributed by atoms with Gasteiger partial charge >= 0.3 is 72.3 Å². The van der Waals surface area contributed by atoms with Crippen molar-refractivity contribution in [3.05, 3.63) is 0 Å². The van der Waals surface area contributed by atoms with E-state index in [1.165, 1.54) is 27.9 Å². The third kappa shape index (κ3) is 11.7. The summed E-state index contributed by atoms with van der Waals surface area (Å²) in [6, 6.07) is -11.4. The summed E-state index contributed by atoms with van der Waals surface area (Å²) in [7, 11) is -2.68. The lowest BCUT2D eigenvalue weighted by Gasteiger charge is -2.32. The SMILES string of the molecule is CC(F)(F)C(F)(F)C(F)(F)C(F)F.CCC1=[N+](C(F)(F)C(F)(F)C(F)(F)C(F)(F)F)CCN1C.CCC1=[N+](C(F)(F)C(F)(F)C(F)(F)C(F)(F)F)CCN1C.O=S(=O)([O-])[O-]. The van der Waals surface area contributed by atoms with Crippen molar-refractivity contribution in [1.82, 2.24) is 9.80 Å². The van der Waals surface area contributed by atoms with E-state index in [1.807, 2.05) is 0 Å². The van der Waals surface area contributed by atoms with Crippen LogP contribution in [0.2, 0.25) is 0 Å². The minimum atomic E-state index is -6.86. The number of hydrogen-bond donors (Lipinski definition) is 0. The maximum atomic E-state index is 13.7. The molecule has 0 aliphatic carbocycles. The molecule has 60 heavy (non-hydrogen) atoms. The topological polar surface area (TPSA) is 92.8 Å². The Kier molecular flexibility index (Phi) is 18.1. The van der Waals surface area contributed by atoms with Gasteiger partial charge in [0, 0.05) is 30.2 Å². The Hall–Kier alpha value is -3.01.